The highest BCUT2D eigenvalue weighted by molar-refractivity contribution is 5.93. The minimum atomic E-state index is -0.621. The molecule has 3 N–H and O–H groups in total. The zero-order valence-corrected chi connectivity index (χ0v) is 13.3. The second kappa shape index (κ2) is 7.32. The van der Waals surface area contributed by atoms with E-state index in [1.807, 2.05) is 13.8 Å². The lowest BCUT2D eigenvalue weighted by Gasteiger charge is -2.18. The number of aromatic nitrogens is 2. The van der Waals surface area contributed by atoms with Crippen molar-refractivity contribution in [3.8, 4) is 0 Å². The van der Waals surface area contributed by atoms with Crippen molar-refractivity contribution >= 4 is 11.6 Å². The summed E-state index contributed by atoms with van der Waals surface area (Å²) in [6.07, 6.45) is 0.569. The Kier molecular flexibility index (Phi) is 5.44. The number of nitrogens with zero attached hydrogens (tertiary/aromatic N) is 1. The Labute approximate surface area is 133 Å². The fourth-order valence-corrected chi connectivity index (χ4v) is 2.39. The van der Waals surface area contributed by atoms with Crippen LogP contribution in [0.15, 0.2) is 18.2 Å². The van der Waals surface area contributed by atoms with E-state index in [1.54, 1.807) is 6.92 Å². The summed E-state index contributed by atoms with van der Waals surface area (Å²) in [6.45, 7) is 5.48. The van der Waals surface area contributed by atoms with Crippen molar-refractivity contribution in [2.75, 3.05) is 11.9 Å². The third-order valence-corrected chi connectivity index (χ3v) is 3.65. The maximum absolute atomic E-state index is 13.8. The van der Waals surface area contributed by atoms with Gasteiger partial charge in [0.1, 0.15) is 11.6 Å². The van der Waals surface area contributed by atoms with Crippen LogP contribution in [-0.4, -0.2) is 22.6 Å². The van der Waals surface area contributed by atoms with Crippen LogP contribution in [0.25, 0.3) is 0 Å². The minimum absolute atomic E-state index is 0.0133. The number of anilines is 1. The lowest BCUT2D eigenvalue weighted by molar-refractivity contribution is -0.115. The lowest BCUT2D eigenvalue weighted by Crippen LogP contribution is -2.31. The van der Waals surface area contributed by atoms with Crippen LogP contribution in [-0.2, 0) is 4.79 Å². The summed E-state index contributed by atoms with van der Waals surface area (Å²) < 4.78 is 26.8. The van der Waals surface area contributed by atoms with E-state index in [0.29, 0.717) is 23.4 Å². The maximum Gasteiger partial charge on any atom is 0.238 e. The number of rotatable bonds is 6. The van der Waals surface area contributed by atoms with Crippen LogP contribution >= 0.6 is 0 Å². The number of hydrogen-bond donors (Lipinski definition) is 3. The smallest absolute Gasteiger partial charge is 0.238 e. The molecule has 0 saturated heterocycles. The third-order valence-electron chi connectivity index (χ3n) is 3.65. The number of aromatic amines is 1. The van der Waals surface area contributed by atoms with Crippen molar-refractivity contribution in [1.29, 1.82) is 0 Å². The van der Waals surface area contributed by atoms with Crippen LogP contribution in [0.1, 0.15) is 36.3 Å². The zero-order chi connectivity index (χ0) is 17.0. The highest BCUT2D eigenvalue weighted by Crippen LogP contribution is 2.21. The van der Waals surface area contributed by atoms with Crippen molar-refractivity contribution in [2.45, 2.75) is 33.2 Å². The molecule has 0 fully saturated rings. The van der Waals surface area contributed by atoms with Gasteiger partial charge in [-0.15, -0.1) is 0 Å². The number of carbonyl (C=O) groups excluding carboxylic acids is 1. The maximum atomic E-state index is 13.8. The molecule has 5 nitrogen and oxygen atoms in total. The van der Waals surface area contributed by atoms with Gasteiger partial charge in [-0.2, -0.15) is 5.10 Å². The summed E-state index contributed by atoms with van der Waals surface area (Å²) in [4.78, 5) is 12.0. The molecule has 0 radical (unpaired) electrons. The Hall–Kier alpha value is -2.28. The van der Waals surface area contributed by atoms with E-state index < -0.39 is 11.6 Å². The first-order valence-corrected chi connectivity index (χ1v) is 7.42. The van der Waals surface area contributed by atoms with E-state index >= 15 is 0 Å². The lowest BCUT2D eigenvalue weighted by atomic mass is 10.0. The van der Waals surface area contributed by atoms with Gasteiger partial charge in [0.05, 0.1) is 23.6 Å². The van der Waals surface area contributed by atoms with Crippen LogP contribution in [0, 0.1) is 25.5 Å². The van der Waals surface area contributed by atoms with Crippen molar-refractivity contribution in [1.82, 2.24) is 15.5 Å². The number of halogens is 2. The number of nitrogens with one attached hydrogen (secondary N) is 3. The van der Waals surface area contributed by atoms with Crippen LogP contribution in [0.2, 0.25) is 0 Å². The summed E-state index contributed by atoms with van der Waals surface area (Å²) in [6, 6.07) is 3.08. The molecule has 2 rings (SSSR count). The van der Waals surface area contributed by atoms with Crippen molar-refractivity contribution < 1.29 is 13.6 Å². The molecule has 23 heavy (non-hydrogen) atoms. The summed E-state index contributed by atoms with van der Waals surface area (Å²) >= 11 is 0. The molecule has 2 aromatic rings. The SMILES string of the molecule is CC[C@H](NCC(=O)Nc1c(C)n[nH]c1C)c1ccc(F)cc1F. The van der Waals surface area contributed by atoms with Gasteiger partial charge < -0.3 is 10.6 Å². The van der Waals surface area contributed by atoms with Gasteiger partial charge in [0.15, 0.2) is 0 Å². The Bertz CT molecular complexity index is 680. The molecule has 0 aliphatic heterocycles. The largest absolute Gasteiger partial charge is 0.322 e. The van der Waals surface area contributed by atoms with Crippen LogP contribution in [0.3, 0.4) is 0 Å². The molecule has 0 spiro atoms. The molecule has 0 unspecified atom stereocenters. The molecular formula is C16H20F2N4O. The van der Waals surface area contributed by atoms with Gasteiger partial charge in [-0.1, -0.05) is 13.0 Å². The molecule has 124 valence electrons. The summed E-state index contributed by atoms with van der Waals surface area (Å²) in [7, 11) is 0. The van der Waals surface area contributed by atoms with E-state index in [0.717, 1.165) is 11.8 Å². The predicted molar refractivity (Wildman–Crippen MR) is 84.1 cm³/mol. The van der Waals surface area contributed by atoms with Gasteiger partial charge in [0, 0.05) is 17.7 Å². The fourth-order valence-electron chi connectivity index (χ4n) is 2.39. The van der Waals surface area contributed by atoms with Crippen LogP contribution in [0.5, 0.6) is 0 Å². The molecule has 1 heterocycles. The van der Waals surface area contributed by atoms with Gasteiger partial charge in [0.2, 0.25) is 5.91 Å². The number of carbonyl (C=O) groups is 1. The van der Waals surface area contributed by atoms with E-state index in [9.17, 15) is 13.6 Å². The molecule has 0 bridgehead atoms. The fraction of sp³-hybridized carbons (Fsp3) is 0.375. The first kappa shape index (κ1) is 17.1. The molecule has 1 aromatic heterocycles. The minimum Gasteiger partial charge on any atom is -0.322 e. The van der Waals surface area contributed by atoms with E-state index in [4.69, 9.17) is 0 Å². The quantitative estimate of drug-likeness (QED) is 0.766. The van der Waals surface area contributed by atoms with Crippen molar-refractivity contribution in [2.24, 2.45) is 0 Å². The van der Waals surface area contributed by atoms with Gasteiger partial charge in [0.25, 0.3) is 0 Å². The highest BCUT2D eigenvalue weighted by Gasteiger charge is 2.16. The summed E-state index contributed by atoms with van der Waals surface area (Å²) in [5, 5.41) is 12.5. The zero-order valence-electron chi connectivity index (χ0n) is 13.3. The van der Waals surface area contributed by atoms with Crippen molar-refractivity contribution in [3.05, 3.63) is 46.8 Å². The molecule has 1 amide bonds. The van der Waals surface area contributed by atoms with Gasteiger partial charge in [-0.05, 0) is 26.3 Å². The number of H-pyrrole nitrogens is 1. The third kappa shape index (κ3) is 4.13. The first-order chi connectivity index (χ1) is 10.9. The standard InChI is InChI=1S/C16H20F2N4O/c1-4-14(12-6-5-11(17)7-13(12)18)19-8-15(23)20-16-9(2)21-22-10(16)3/h5-7,14,19H,4,8H2,1-3H3,(H,20,23)(H,21,22)/t14-/m0/s1. The Morgan fingerprint density at radius 1 is 1.35 bits per heavy atom. The van der Waals surface area contributed by atoms with Crippen molar-refractivity contribution in [3.63, 3.8) is 0 Å². The number of aryl methyl sites for hydroxylation is 2. The van der Waals surface area contributed by atoms with Gasteiger partial charge >= 0.3 is 0 Å². The molecule has 0 aliphatic rings. The summed E-state index contributed by atoms with van der Waals surface area (Å²) in [5.41, 5.74) is 2.47. The molecule has 1 aromatic carbocycles. The number of benzene rings is 1. The topological polar surface area (TPSA) is 69.8 Å². The van der Waals surface area contributed by atoms with E-state index in [1.165, 1.54) is 12.1 Å². The second-order valence-corrected chi connectivity index (χ2v) is 5.36. The van der Waals surface area contributed by atoms with Crippen LogP contribution in [0.4, 0.5) is 14.5 Å². The Morgan fingerprint density at radius 3 is 2.65 bits per heavy atom. The summed E-state index contributed by atoms with van der Waals surface area (Å²) in [5.74, 6) is -1.49. The Morgan fingerprint density at radius 2 is 2.09 bits per heavy atom. The van der Waals surface area contributed by atoms with Gasteiger partial charge in [-0.25, -0.2) is 8.78 Å². The molecule has 0 aliphatic carbocycles. The second-order valence-electron chi connectivity index (χ2n) is 5.36. The molecule has 1 atom stereocenters. The van der Waals surface area contributed by atoms with E-state index in [2.05, 4.69) is 20.8 Å². The van der Waals surface area contributed by atoms with Crippen LogP contribution < -0.4 is 10.6 Å². The molecule has 7 heteroatoms. The average molecular weight is 322 g/mol. The van der Waals surface area contributed by atoms with E-state index in [-0.39, 0.29) is 18.5 Å². The Balaban J connectivity index is 1.99. The average Bonchev–Trinajstić information content (AvgIpc) is 2.81. The number of hydrogen-bond acceptors (Lipinski definition) is 3. The predicted octanol–water partition coefficient (Wildman–Crippen LogP) is 2.98. The number of amides is 1. The normalized spacial score (nSPS) is 12.2. The highest BCUT2D eigenvalue weighted by atomic mass is 19.1. The monoisotopic (exact) mass is 322 g/mol. The first-order valence-electron chi connectivity index (χ1n) is 7.42. The molecular weight excluding hydrogens is 302 g/mol. The van der Waals surface area contributed by atoms with Gasteiger partial charge in [-0.3, -0.25) is 9.89 Å². The molecule has 0 saturated carbocycles.